The van der Waals surface area contributed by atoms with Crippen LogP contribution in [0.2, 0.25) is 0 Å². The Hall–Kier alpha value is -1.91. The molecule has 1 fully saturated rings. The highest BCUT2D eigenvalue weighted by atomic mass is 32.2. The van der Waals surface area contributed by atoms with E-state index >= 15 is 0 Å². The number of aromatic nitrogens is 2. The van der Waals surface area contributed by atoms with E-state index in [1.165, 1.54) is 17.8 Å². The molecule has 0 radical (unpaired) electrons. The van der Waals surface area contributed by atoms with E-state index in [0.717, 1.165) is 10.1 Å². The van der Waals surface area contributed by atoms with Gasteiger partial charge in [-0.1, -0.05) is 30.3 Å². The summed E-state index contributed by atoms with van der Waals surface area (Å²) < 4.78 is 6.51. The van der Waals surface area contributed by atoms with E-state index in [-0.39, 0.29) is 0 Å². The van der Waals surface area contributed by atoms with Gasteiger partial charge in [0, 0.05) is 11.8 Å². The number of nitrogens with one attached hydrogen (secondary N) is 1. The SMILES string of the molecule is O=c1cc(SCc2ccccc2)n([C@@H]2O[C@H](CO)[C@@H](O)[C@H]2O)c(=O)[nH]1. The van der Waals surface area contributed by atoms with Crippen molar-refractivity contribution in [1.82, 2.24) is 9.55 Å². The van der Waals surface area contributed by atoms with Gasteiger partial charge in [0.1, 0.15) is 18.3 Å². The zero-order chi connectivity index (χ0) is 18.0. The van der Waals surface area contributed by atoms with Gasteiger partial charge >= 0.3 is 5.69 Å². The summed E-state index contributed by atoms with van der Waals surface area (Å²) in [5.41, 5.74) is -0.325. The molecule has 0 spiro atoms. The first-order valence-corrected chi connectivity index (χ1v) is 8.65. The maximum absolute atomic E-state index is 12.3. The fourth-order valence-corrected chi connectivity index (χ4v) is 3.68. The van der Waals surface area contributed by atoms with Crippen LogP contribution in [0, 0.1) is 0 Å². The molecule has 134 valence electrons. The van der Waals surface area contributed by atoms with Crippen molar-refractivity contribution >= 4 is 11.8 Å². The van der Waals surface area contributed by atoms with E-state index in [0.29, 0.717) is 10.8 Å². The van der Waals surface area contributed by atoms with E-state index in [2.05, 4.69) is 4.98 Å². The minimum Gasteiger partial charge on any atom is -0.394 e. The van der Waals surface area contributed by atoms with Crippen molar-refractivity contribution in [3.63, 3.8) is 0 Å². The van der Waals surface area contributed by atoms with Gasteiger partial charge in [-0.05, 0) is 5.56 Å². The molecule has 0 aliphatic carbocycles. The van der Waals surface area contributed by atoms with Crippen LogP contribution in [0.15, 0.2) is 51.0 Å². The fraction of sp³-hybridized carbons (Fsp3) is 0.375. The summed E-state index contributed by atoms with van der Waals surface area (Å²) in [6.45, 7) is -0.501. The Morgan fingerprint density at radius 2 is 1.88 bits per heavy atom. The van der Waals surface area contributed by atoms with Gasteiger partial charge in [-0.3, -0.25) is 14.3 Å². The molecule has 1 aliphatic rings. The molecule has 0 bridgehead atoms. The number of thioether (sulfide) groups is 1. The summed E-state index contributed by atoms with van der Waals surface area (Å²) in [5, 5.41) is 29.6. The van der Waals surface area contributed by atoms with Crippen LogP contribution in [-0.2, 0) is 10.5 Å². The number of ether oxygens (including phenoxy) is 1. The molecule has 25 heavy (non-hydrogen) atoms. The molecule has 8 nitrogen and oxygen atoms in total. The Morgan fingerprint density at radius 3 is 2.52 bits per heavy atom. The average Bonchev–Trinajstić information content (AvgIpc) is 2.88. The lowest BCUT2D eigenvalue weighted by molar-refractivity contribution is -0.0590. The first kappa shape index (κ1) is 17.9. The number of aliphatic hydroxyl groups excluding tert-OH is 3. The molecule has 3 rings (SSSR count). The molecule has 4 N–H and O–H groups in total. The van der Waals surface area contributed by atoms with Crippen LogP contribution in [0.5, 0.6) is 0 Å². The van der Waals surface area contributed by atoms with Gasteiger partial charge in [-0.2, -0.15) is 0 Å². The summed E-state index contributed by atoms with van der Waals surface area (Å²) in [4.78, 5) is 26.1. The van der Waals surface area contributed by atoms with Gasteiger partial charge in [0.2, 0.25) is 0 Å². The predicted octanol–water partition coefficient (Wildman–Crippen LogP) is -0.560. The van der Waals surface area contributed by atoms with Crippen molar-refractivity contribution in [2.45, 2.75) is 35.3 Å². The second-order valence-electron chi connectivity index (χ2n) is 5.65. The molecule has 0 saturated carbocycles. The lowest BCUT2D eigenvalue weighted by Gasteiger charge is -2.20. The van der Waals surface area contributed by atoms with E-state index in [1.807, 2.05) is 30.3 Å². The van der Waals surface area contributed by atoms with Crippen molar-refractivity contribution in [1.29, 1.82) is 0 Å². The summed E-state index contributed by atoms with van der Waals surface area (Å²) in [7, 11) is 0. The lowest BCUT2D eigenvalue weighted by Crippen LogP contribution is -2.38. The topological polar surface area (TPSA) is 125 Å². The van der Waals surface area contributed by atoms with Gasteiger partial charge in [-0.15, -0.1) is 11.8 Å². The van der Waals surface area contributed by atoms with Crippen molar-refractivity contribution in [3.8, 4) is 0 Å². The highest BCUT2D eigenvalue weighted by molar-refractivity contribution is 7.98. The van der Waals surface area contributed by atoms with E-state index in [4.69, 9.17) is 4.74 Å². The van der Waals surface area contributed by atoms with Gasteiger partial charge in [-0.25, -0.2) is 4.79 Å². The zero-order valence-corrected chi connectivity index (χ0v) is 13.9. The smallest absolute Gasteiger partial charge is 0.331 e. The highest BCUT2D eigenvalue weighted by Crippen LogP contribution is 2.31. The van der Waals surface area contributed by atoms with Crippen LogP contribution in [0.3, 0.4) is 0 Å². The minimum absolute atomic E-state index is 0.299. The molecule has 2 aromatic rings. The van der Waals surface area contributed by atoms with Gasteiger partial charge in [0.15, 0.2) is 6.23 Å². The predicted molar refractivity (Wildman–Crippen MR) is 90.3 cm³/mol. The summed E-state index contributed by atoms with van der Waals surface area (Å²) in [6.07, 6.45) is -4.95. The van der Waals surface area contributed by atoms with Gasteiger partial charge in [0.05, 0.1) is 11.6 Å². The van der Waals surface area contributed by atoms with Crippen LogP contribution < -0.4 is 11.2 Å². The number of aliphatic hydroxyl groups is 3. The van der Waals surface area contributed by atoms with E-state index in [9.17, 15) is 24.9 Å². The molecular formula is C16H18N2O6S. The Kier molecular flexibility index (Phi) is 5.40. The van der Waals surface area contributed by atoms with Crippen molar-refractivity contribution in [3.05, 3.63) is 62.8 Å². The van der Waals surface area contributed by atoms with Crippen molar-refractivity contribution in [2.75, 3.05) is 6.61 Å². The standard InChI is InChI=1S/C16H18N2O6S/c19-7-10-13(21)14(22)15(24-10)18-12(6-11(20)17-16(18)23)25-8-9-4-2-1-3-5-9/h1-6,10,13-15,19,21-22H,7-8H2,(H,17,20,23)/t10-,13-,14-,15-/m1/s1. The summed E-state index contributed by atoms with van der Waals surface area (Å²) >= 11 is 1.24. The van der Waals surface area contributed by atoms with Crippen LogP contribution in [0.4, 0.5) is 0 Å². The van der Waals surface area contributed by atoms with Crippen LogP contribution in [0.25, 0.3) is 0 Å². The first-order valence-electron chi connectivity index (χ1n) is 7.66. The normalized spacial score (nSPS) is 26.0. The van der Waals surface area contributed by atoms with Crippen LogP contribution in [0.1, 0.15) is 11.8 Å². The lowest BCUT2D eigenvalue weighted by atomic mass is 10.1. The maximum atomic E-state index is 12.3. The second-order valence-corrected chi connectivity index (χ2v) is 6.65. The number of hydrogen-bond donors (Lipinski definition) is 4. The molecule has 1 aromatic carbocycles. The number of H-pyrrole nitrogens is 1. The monoisotopic (exact) mass is 366 g/mol. The Balaban J connectivity index is 1.93. The van der Waals surface area contributed by atoms with Crippen LogP contribution >= 0.6 is 11.8 Å². The Morgan fingerprint density at radius 1 is 1.16 bits per heavy atom. The molecule has 2 heterocycles. The molecule has 0 unspecified atom stereocenters. The van der Waals surface area contributed by atoms with Crippen LogP contribution in [-0.4, -0.2) is 49.8 Å². The number of aromatic amines is 1. The van der Waals surface area contributed by atoms with Gasteiger partial charge in [0.25, 0.3) is 5.56 Å². The number of benzene rings is 1. The third-order valence-electron chi connectivity index (χ3n) is 3.94. The number of rotatable bonds is 5. The van der Waals surface area contributed by atoms with E-state index in [1.54, 1.807) is 0 Å². The largest absolute Gasteiger partial charge is 0.394 e. The van der Waals surface area contributed by atoms with Crippen molar-refractivity contribution in [2.24, 2.45) is 0 Å². The zero-order valence-electron chi connectivity index (χ0n) is 13.1. The summed E-state index contributed by atoms with van der Waals surface area (Å²) in [5.74, 6) is 0.499. The van der Waals surface area contributed by atoms with E-state index < -0.39 is 42.4 Å². The molecular weight excluding hydrogens is 348 g/mol. The average molecular weight is 366 g/mol. The molecule has 9 heteroatoms. The minimum atomic E-state index is -1.41. The second kappa shape index (κ2) is 7.54. The quantitative estimate of drug-likeness (QED) is 0.413. The molecule has 4 atom stereocenters. The third-order valence-corrected chi connectivity index (χ3v) is 5.03. The maximum Gasteiger partial charge on any atom is 0.331 e. The molecule has 1 saturated heterocycles. The number of hydrogen-bond acceptors (Lipinski definition) is 7. The fourth-order valence-electron chi connectivity index (χ4n) is 2.66. The molecule has 0 amide bonds. The number of nitrogens with zero attached hydrogens (tertiary/aromatic N) is 1. The first-order chi connectivity index (χ1) is 12.0. The molecule has 1 aromatic heterocycles. The highest BCUT2D eigenvalue weighted by Gasteiger charge is 2.44. The Bertz CT molecular complexity index is 837. The Labute approximate surface area is 146 Å². The summed E-state index contributed by atoms with van der Waals surface area (Å²) in [6, 6.07) is 10.7. The molecule has 1 aliphatic heterocycles. The van der Waals surface area contributed by atoms with Crippen molar-refractivity contribution < 1.29 is 20.1 Å². The van der Waals surface area contributed by atoms with Gasteiger partial charge < -0.3 is 20.1 Å². The third kappa shape index (κ3) is 3.70.